The molecule has 7 nitrogen and oxygen atoms in total. The van der Waals surface area contributed by atoms with Crippen molar-refractivity contribution < 1.29 is 32.8 Å². The van der Waals surface area contributed by atoms with E-state index in [1.165, 1.54) is 38.5 Å². The zero-order chi connectivity index (χ0) is 20.1. The number of hydrogen-bond acceptors (Lipinski definition) is 4. The van der Waals surface area contributed by atoms with Crippen molar-refractivity contribution in [3.05, 3.63) is 0 Å². The lowest BCUT2D eigenvalue weighted by Gasteiger charge is -2.24. The van der Waals surface area contributed by atoms with Crippen LogP contribution >= 0.6 is 0 Å². The van der Waals surface area contributed by atoms with Crippen LogP contribution < -0.4 is 0 Å². The highest BCUT2D eigenvalue weighted by atomic mass is 32.2. The fourth-order valence-corrected chi connectivity index (χ4v) is 4.03. The lowest BCUT2D eigenvalue weighted by Crippen LogP contribution is -2.48. The topological polar surface area (TPSA) is 129 Å². The minimum atomic E-state index is -5.02. The van der Waals surface area contributed by atoms with Gasteiger partial charge in [0.1, 0.15) is 0 Å². The molecule has 0 aromatic heterocycles. The summed E-state index contributed by atoms with van der Waals surface area (Å²) < 4.78 is 29.5. The summed E-state index contributed by atoms with van der Waals surface area (Å²) in [6.45, 7) is 2.19. The second-order valence-corrected chi connectivity index (χ2v) is 8.72. The van der Waals surface area contributed by atoms with Gasteiger partial charge in [-0.3, -0.25) is 14.1 Å². The molecule has 154 valence electrons. The fourth-order valence-electron chi connectivity index (χ4n) is 3.10. The Morgan fingerprint density at radius 3 is 1.46 bits per heavy atom. The van der Waals surface area contributed by atoms with Gasteiger partial charge in [0.05, 0.1) is 6.42 Å². The summed E-state index contributed by atoms with van der Waals surface area (Å²) in [6, 6.07) is 0. The van der Waals surface area contributed by atoms with Crippen LogP contribution in [0.15, 0.2) is 0 Å². The number of carboxylic acid groups (broad SMARTS) is 2. The van der Waals surface area contributed by atoms with Crippen LogP contribution in [0.4, 0.5) is 0 Å². The Labute approximate surface area is 156 Å². The van der Waals surface area contributed by atoms with Crippen LogP contribution in [0.5, 0.6) is 0 Å². The fraction of sp³-hybridized carbons (Fsp3) is 0.889. The molecule has 26 heavy (non-hydrogen) atoms. The number of carbonyl (C=O) groups is 2. The van der Waals surface area contributed by atoms with E-state index in [4.69, 9.17) is 5.11 Å². The van der Waals surface area contributed by atoms with Crippen molar-refractivity contribution >= 4 is 22.1 Å². The van der Waals surface area contributed by atoms with Crippen LogP contribution in [0.25, 0.3) is 0 Å². The molecule has 0 aromatic carbocycles. The van der Waals surface area contributed by atoms with Gasteiger partial charge >= 0.3 is 11.9 Å². The standard InChI is InChI=1S/C18H34O7S/c1-2-3-4-5-6-7-8-9-10-11-12-13-14-18(17(21)22,15-16(19)20)26(23,24)25/h2-15H2,1H3,(H,19,20)(H,21,22)(H,23,24,25). The number of unbranched alkanes of at least 4 members (excludes halogenated alkanes) is 11. The zero-order valence-electron chi connectivity index (χ0n) is 15.8. The minimum Gasteiger partial charge on any atom is -0.481 e. The van der Waals surface area contributed by atoms with Crippen molar-refractivity contribution in [2.24, 2.45) is 0 Å². The maximum Gasteiger partial charge on any atom is 0.328 e. The van der Waals surface area contributed by atoms with Crippen LogP contribution in [0.3, 0.4) is 0 Å². The number of hydrogen-bond donors (Lipinski definition) is 3. The van der Waals surface area contributed by atoms with Crippen molar-refractivity contribution in [3.8, 4) is 0 Å². The first-order valence-electron chi connectivity index (χ1n) is 9.59. The normalized spacial score (nSPS) is 14.1. The number of rotatable bonds is 17. The third-order valence-corrected chi connectivity index (χ3v) is 6.27. The van der Waals surface area contributed by atoms with E-state index in [1.807, 2.05) is 0 Å². The Bertz CT molecular complexity index is 516. The van der Waals surface area contributed by atoms with Crippen molar-refractivity contribution in [1.82, 2.24) is 0 Å². The Balaban J connectivity index is 4.07. The SMILES string of the molecule is CCCCCCCCCCCCCCC(CC(=O)O)(C(=O)O)S(=O)(=O)O. The summed E-state index contributed by atoms with van der Waals surface area (Å²) in [5.41, 5.74) is 0. The summed E-state index contributed by atoms with van der Waals surface area (Å²) in [5.74, 6) is -3.38. The maximum atomic E-state index is 11.5. The highest BCUT2D eigenvalue weighted by molar-refractivity contribution is 7.88. The van der Waals surface area contributed by atoms with Gasteiger partial charge in [-0.05, 0) is 6.42 Å². The molecule has 0 fully saturated rings. The lowest BCUT2D eigenvalue weighted by molar-refractivity contribution is -0.147. The summed E-state index contributed by atoms with van der Waals surface area (Å²) in [7, 11) is -5.02. The van der Waals surface area contributed by atoms with Gasteiger partial charge in [0, 0.05) is 0 Å². The van der Waals surface area contributed by atoms with Crippen LogP contribution in [-0.4, -0.2) is 39.9 Å². The molecule has 0 spiro atoms. The molecule has 0 aromatic rings. The first-order valence-corrected chi connectivity index (χ1v) is 11.0. The molecule has 1 atom stereocenters. The van der Waals surface area contributed by atoms with Gasteiger partial charge in [-0.2, -0.15) is 8.42 Å². The monoisotopic (exact) mass is 394 g/mol. The van der Waals surface area contributed by atoms with Gasteiger partial charge in [0.15, 0.2) is 0 Å². The largest absolute Gasteiger partial charge is 0.481 e. The van der Waals surface area contributed by atoms with E-state index >= 15 is 0 Å². The van der Waals surface area contributed by atoms with Gasteiger partial charge in [-0.15, -0.1) is 0 Å². The molecule has 1 unspecified atom stereocenters. The van der Waals surface area contributed by atoms with Crippen LogP contribution in [-0.2, 0) is 19.7 Å². The molecule has 0 bridgehead atoms. The molecular formula is C18H34O7S. The van der Waals surface area contributed by atoms with Gasteiger partial charge in [-0.1, -0.05) is 84.0 Å². The molecule has 3 N–H and O–H groups in total. The zero-order valence-corrected chi connectivity index (χ0v) is 16.6. The third kappa shape index (κ3) is 9.52. The average Bonchev–Trinajstić information content (AvgIpc) is 2.53. The van der Waals surface area contributed by atoms with E-state index in [2.05, 4.69) is 6.92 Å². The first-order chi connectivity index (χ1) is 12.2. The van der Waals surface area contributed by atoms with Crippen molar-refractivity contribution in [2.45, 2.75) is 102 Å². The summed E-state index contributed by atoms with van der Waals surface area (Å²) in [6.07, 6.45) is 11.0. The van der Waals surface area contributed by atoms with E-state index in [0.29, 0.717) is 6.42 Å². The quantitative estimate of drug-likeness (QED) is 0.248. The molecule has 0 rings (SSSR count). The predicted molar refractivity (Wildman–Crippen MR) is 99.9 cm³/mol. The number of carboxylic acids is 2. The van der Waals surface area contributed by atoms with E-state index in [1.54, 1.807) is 0 Å². The Morgan fingerprint density at radius 2 is 1.15 bits per heavy atom. The van der Waals surface area contributed by atoms with Crippen molar-refractivity contribution in [3.63, 3.8) is 0 Å². The van der Waals surface area contributed by atoms with E-state index in [9.17, 15) is 27.7 Å². The third-order valence-electron chi connectivity index (χ3n) is 4.75. The van der Waals surface area contributed by atoms with Gasteiger partial charge < -0.3 is 10.2 Å². The molecule has 8 heteroatoms. The highest BCUT2D eigenvalue weighted by Crippen LogP contribution is 2.29. The Kier molecular flexibility index (Phi) is 12.5. The van der Waals surface area contributed by atoms with E-state index in [0.717, 1.165) is 25.7 Å². The molecule has 0 saturated carbocycles. The Morgan fingerprint density at radius 1 is 0.769 bits per heavy atom. The summed E-state index contributed by atoms with van der Waals surface area (Å²) >= 11 is 0. The van der Waals surface area contributed by atoms with Crippen molar-refractivity contribution in [2.75, 3.05) is 0 Å². The maximum absolute atomic E-state index is 11.5. The first kappa shape index (κ1) is 24.8. The number of aliphatic carboxylic acids is 2. The van der Waals surface area contributed by atoms with Gasteiger partial charge in [-0.25, -0.2) is 0 Å². The molecule has 0 radical (unpaired) electrons. The lowest BCUT2D eigenvalue weighted by atomic mass is 9.96. The predicted octanol–water partition coefficient (Wildman–Crippen LogP) is 4.26. The van der Waals surface area contributed by atoms with E-state index < -0.39 is 39.6 Å². The molecule has 0 aliphatic carbocycles. The van der Waals surface area contributed by atoms with E-state index in [-0.39, 0.29) is 6.42 Å². The van der Waals surface area contributed by atoms with Crippen molar-refractivity contribution in [1.29, 1.82) is 0 Å². The van der Waals surface area contributed by atoms with Crippen LogP contribution in [0.1, 0.15) is 96.8 Å². The minimum absolute atomic E-state index is 0.246. The van der Waals surface area contributed by atoms with Gasteiger partial charge in [0.2, 0.25) is 4.75 Å². The van der Waals surface area contributed by atoms with Crippen LogP contribution in [0, 0.1) is 0 Å². The summed E-state index contributed by atoms with van der Waals surface area (Å²) in [5, 5.41) is 18.0. The van der Waals surface area contributed by atoms with Gasteiger partial charge in [0.25, 0.3) is 10.1 Å². The summed E-state index contributed by atoms with van der Waals surface area (Å²) in [4.78, 5) is 22.2. The molecule has 0 aliphatic heterocycles. The molecule has 0 amide bonds. The second kappa shape index (κ2) is 13.1. The highest BCUT2D eigenvalue weighted by Gasteiger charge is 2.51. The molecular weight excluding hydrogens is 360 g/mol. The molecule has 0 aliphatic rings. The average molecular weight is 395 g/mol. The molecule has 0 saturated heterocycles. The smallest absolute Gasteiger partial charge is 0.328 e. The van der Waals surface area contributed by atoms with Crippen LogP contribution in [0.2, 0.25) is 0 Å². The second-order valence-electron chi connectivity index (χ2n) is 6.98. The Hall–Kier alpha value is -1.15. The molecule has 0 heterocycles.